The molecule has 1 aromatic carbocycles. The fourth-order valence-electron chi connectivity index (χ4n) is 3.56. The van der Waals surface area contributed by atoms with Crippen molar-refractivity contribution in [1.29, 1.82) is 0 Å². The highest BCUT2D eigenvalue weighted by atomic mass is 19.1. The molecule has 1 N–H and O–H groups in total. The largest absolute Gasteiger partial charge is 0.369 e. The Balaban J connectivity index is 1.84. The molecule has 1 saturated carbocycles. The molecular weight excluding hydrogens is 272 g/mol. The van der Waals surface area contributed by atoms with Crippen LogP contribution in [-0.2, 0) is 6.42 Å². The molecular formula is C16H17F2N3. The molecule has 3 nitrogen and oxygen atoms in total. The van der Waals surface area contributed by atoms with Gasteiger partial charge in [-0.05, 0) is 31.4 Å². The summed E-state index contributed by atoms with van der Waals surface area (Å²) in [6, 6.07) is 3.64. The van der Waals surface area contributed by atoms with E-state index in [1.807, 2.05) is 0 Å². The molecule has 1 aliphatic heterocycles. The molecule has 0 radical (unpaired) electrons. The normalized spacial score (nSPS) is 18.0. The van der Waals surface area contributed by atoms with Crippen LogP contribution in [0.2, 0.25) is 0 Å². The van der Waals surface area contributed by atoms with Gasteiger partial charge in [0, 0.05) is 24.1 Å². The van der Waals surface area contributed by atoms with Crippen molar-refractivity contribution in [2.24, 2.45) is 0 Å². The number of anilines is 1. The number of halogens is 2. The summed E-state index contributed by atoms with van der Waals surface area (Å²) < 4.78 is 28.8. The van der Waals surface area contributed by atoms with Crippen LogP contribution in [0, 0.1) is 11.6 Å². The Morgan fingerprint density at radius 2 is 2.00 bits per heavy atom. The van der Waals surface area contributed by atoms with Crippen LogP contribution in [0.15, 0.2) is 18.2 Å². The molecule has 1 fully saturated rings. The molecule has 0 atom stereocenters. The first-order valence-electron chi connectivity index (χ1n) is 7.55. The molecule has 0 amide bonds. The lowest BCUT2D eigenvalue weighted by Gasteiger charge is -2.08. The van der Waals surface area contributed by atoms with Gasteiger partial charge in [0.2, 0.25) is 0 Å². The molecule has 0 unspecified atom stereocenters. The van der Waals surface area contributed by atoms with Crippen LogP contribution in [-0.4, -0.2) is 16.3 Å². The van der Waals surface area contributed by atoms with E-state index in [1.54, 1.807) is 4.68 Å². The van der Waals surface area contributed by atoms with Gasteiger partial charge in [-0.25, -0.2) is 13.5 Å². The quantitative estimate of drug-likeness (QED) is 0.912. The molecule has 0 saturated heterocycles. The van der Waals surface area contributed by atoms with Gasteiger partial charge in [0.1, 0.15) is 17.3 Å². The first-order chi connectivity index (χ1) is 10.2. The molecule has 110 valence electrons. The lowest BCUT2D eigenvalue weighted by molar-refractivity contribution is 0.572. The minimum absolute atomic E-state index is 0.311. The monoisotopic (exact) mass is 289 g/mol. The van der Waals surface area contributed by atoms with E-state index < -0.39 is 11.6 Å². The highest BCUT2D eigenvalue weighted by Gasteiger charge is 2.30. The van der Waals surface area contributed by atoms with Gasteiger partial charge in [0.15, 0.2) is 5.82 Å². The maximum Gasteiger partial charge on any atom is 0.151 e. The van der Waals surface area contributed by atoms with Gasteiger partial charge in [-0.2, -0.15) is 5.10 Å². The fraction of sp³-hybridized carbons (Fsp3) is 0.438. The van der Waals surface area contributed by atoms with E-state index in [1.165, 1.54) is 30.5 Å². The Bertz CT molecular complexity index is 687. The van der Waals surface area contributed by atoms with Crippen LogP contribution in [0.5, 0.6) is 0 Å². The zero-order valence-corrected chi connectivity index (χ0v) is 11.7. The van der Waals surface area contributed by atoms with Crippen molar-refractivity contribution in [1.82, 2.24) is 9.78 Å². The Morgan fingerprint density at radius 1 is 1.19 bits per heavy atom. The van der Waals surface area contributed by atoms with Crippen molar-refractivity contribution in [2.75, 3.05) is 11.9 Å². The number of hydrogen-bond donors (Lipinski definition) is 1. The maximum atomic E-state index is 14.1. The standard InChI is InChI=1S/C16H17F2N3/c17-11-5-6-14(13(18)9-11)21-16-12(7-8-19-16)15(20-21)10-3-1-2-4-10/h5-6,9-10,19H,1-4,7-8H2. The Labute approximate surface area is 122 Å². The summed E-state index contributed by atoms with van der Waals surface area (Å²) in [6.45, 7) is 0.857. The number of fused-ring (bicyclic) bond motifs is 1. The number of hydrogen-bond acceptors (Lipinski definition) is 2. The number of benzene rings is 1. The second-order valence-electron chi connectivity index (χ2n) is 5.88. The van der Waals surface area contributed by atoms with Crippen molar-refractivity contribution in [3.05, 3.63) is 41.1 Å². The molecule has 4 rings (SSSR count). The molecule has 2 aliphatic rings. The Kier molecular flexibility index (Phi) is 2.94. The minimum atomic E-state index is -0.577. The van der Waals surface area contributed by atoms with Crippen LogP contribution in [0.4, 0.5) is 14.6 Å². The van der Waals surface area contributed by atoms with Crippen LogP contribution < -0.4 is 5.32 Å². The molecule has 21 heavy (non-hydrogen) atoms. The summed E-state index contributed by atoms with van der Waals surface area (Å²) in [4.78, 5) is 0. The van der Waals surface area contributed by atoms with Crippen molar-refractivity contribution in [3.63, 3.8) is 0 Å². The predicted octanol–water partition coefficient (Wildman–Crippen LogP) is 3.78. The molecule has 5 heteroatoms. The molecule has 1 aromatic heterocycles. The van der Waals surface area contributed by atoms with E-state index in [4.69, 9.17) is 0 Å². The number of aromatic nitrogens is 2. The van der Waals surface area contributed by atoms with E-state index in [0.717, 1.165) is 43.4 Å². The minimum Gasteiger partial charge on any atom is -0.369 e. The predicted molar refractivity (Wildman–Crippen MR) is 76.9 cm³/mol. The third-order valence-corrected chi connectivity index (χ3v) is 4.56. The second-order valence-corrected chi connectivity index (χ2v) is 5.88. The number of nitrogens with one attached hydrogen (secondary N) is 1. The van der Waals surface area contributed by atoms with Crippen molar-refractivity contribution >= 4 is 5.82 Å². The van der Waals surface area contributed by atoms with E-state index in [2.05, 4.69) is 10.4 Å². The number of nitrogens with zero attached hydrogens (tertiary/aromatic N) is 2. The molecule has 2 heterocycles. The van der Waals surface area contributed by atoms with Crippen LogP contribution in [0.25, 0.3) is 5.69 Å². The zero-order chi connectivity index (χ0) is 14.4. The van der Waals surface area contributed by atoms with Gasteiger partial charge in [-0.1, -0.05) is 12.8 Å². The summed E-state index contributed by atoms with van der Waals surface area (Å²) >= 11 is 0. The lowest BCUT2D eigenvalue weighted by atomic mass is 9.99. The van der Waals surface area contributed by atoms with Crippen LogP contribution in [0.1, 0.15) is 42.9 Å². The SMILES string of the molecule is Fc1ccc(-n2nc(C3CCCC3)c3c2NCC3)c(F)c1. The second kappa shape index (κ2) is 4.83. The van der Waals surface area contributed by atoms with Gasteiger partial charge in [-0.15, -0.1) is 0 Å². The third kappa shape index (κ3) is 2.03. The number of rotatable bonds is 2. The first-order valence-corrected chi connectivity index (χ1v) is 7.55. The van der Waals surface area contributed by atoms with Gasteiger partial charge in [0.25, 0.3) is 0 Å². The summed E-state index contributed by atoms with van der Waals surface area (Å²) in [6.07, 6.45) is 5.74. The van der Waals surface area contributed by atoms with Crippen LogP contribution >= 0.6 is 0 Å². The average molecular weight is 289 g/mol. The Hall–Kier alpha value is -1.91. The van der Waals surface area contributed by atoms with Crippen LogP contribution in [0.3, 0.4) is 0 Å². The van der Waals surface area contributed by atoms with Gasteiger partial charge >= 0.3 is 0 Å². The highest BCUT2D eigenvalue weighted by molar-refractivity contribution is 5.58. The zero-order valence-electron chi connectivity index (χ0n) is 11.7. The summed E-state index contributed by atoms with van der Waals surface area (Å²) in [5.41, 5.74) is 2.63. The van der Waals surface area contributed by atoms with Gasteiger partial charge in [0.05, 0.1) is 5.69 Å². The van der Waals surface area contributed by atoms with Gasteiger partial charge in [-0.3, -0.25) is 0 Å². The smallest absolute Gasteiger partial charge is 0.151 e. The first kappa shape index (κ1) is 12.8. The molecule has 0 spiro atoms. The van der Waals surface area contributed by atoms with E-state index in [-0.39, 0.29) is 0 Å². The fourth-order valence-corrected chi connectivity index (χ4v) is 3.56. The van der Waals surface area contributed by atoms with E-state index >= 15 is 0 Å². The highest BCUT2D eigenvalue weighted by Crippen LogP contribution is 2.40. The summed E-state index contributed by atoms with van der Waals surface area (Å²) in [5.74, 6) is 0.224. The molecule has 2 aromatic rings. The topological polar surface area (TPSA) is 29.9 Å². The molecule has 0 bridgehead atoms. The van der Waals surface area contributed by atoms with E-state index in [9.17, 15) is 8.78 Å². The Morgan fingerprint density at radius 3 is 2.76 bits per heavy atom. The molecule has 1 aliphatic carbocycles. The lowest BCUT2D eigenvalue weighted by Crippen LogP contribution is -2.07. The maximum absolute atomic E-state index is 14.1. The third-order valence-electron chi connectivity index (χ3n) is 4.56. The van der Waals surface area contributed by atoms with E-state index in [0.29, 0.717) is 11.6 Å². The average Bonchev–Trinajstić information content (AvgIpc) is 3.15. The van der Waals surface area contributed by atoms with Gasteiger partial charge < -0.3 is 5.32 Å². The summed E-state index contributed by atoms with van der Waals surface area (Å²) in [7, 11) is 0. The van der Waals surface area contributed by atoms with Crippen molar-refractivity contribution < 1.29 is 8.78 Å². The summed E-state index contributed by atoms with van der Waals surface area (Å²) in [5, 5.41) is 7.96. The van der Waals surface area contributed by atoms with Crippen molar-refractivity contribution in [2.45, 2.75) is 38.0 Å². The van der Waals surface area contributed by atoms with Crippen molar-refractivity contribution in [3.8, 4) is 5.69 Å².